The number of aromatic nitrogens is 1. The molecule has 174 valence electrons. The van der Waals surface area contributed by atoms with Crippen molar-refractivity contribution in [1.82, 2.24) is 20.5 Å². The highest BCUT2D eigenvalue weighted by Crippen LogP contribution is 2.14. The summed E-state index contributed by atoms with van der Waals surface area (Å²) in [5.74, 6) is 0. The Hall–Kier alpha value is -1.77. The Kier molecular flexibility index (Phi) is 18.3. The predicted molar refractivity (Wildman–Crippen MR) is 122 cm³/mol. The Morgan fingerprint density at radius 1 is 1.00 bits per heavy atom. The summed E-state index contributed by atoms with van der Waals surface area (Å²) in [6, 6.07) is 3.75. The van der Waals surface area contributed by atoms with Gasteiger partial charge in [-0.2, -0.15) is 0 Å². The van der Waals surface area contributed by atoms with Gasteiger partial charge in [0.15, 0.2) is 12.5 Å². The van der Waals surface area contributed by atoms with Crippen LogP contribution in [0.1, 0.15) is 58.9 Å². The standard InChI is InChI=1S/C20H34N4O4.2ClH/c1-5-7-12-22-19(25)27-16(3)24(15-18-10-9-11-21-14-18)17(4)28-20(26)23-13-8-6-2;;/h9-11,14,16-17H,5-8,12-13,15H2,1-4H3,(H,22,25)(H,23,26);2*1H. The highest BCUT2D eigenvalue weighted by molar-refractivity contribution is 5.85. The van der Waals surface area contributed by atoms with Crippen LogP contribution in [0.2, 0.25) is 0 Å². The molecule has 2 atom stereocenters. The fourth-order valence-corrected chi connectivity index (χ4v) is 2.52. The highest BCUT2D eigenvalue weighted by atomic mass is 35.5. The molecule has 1 aromatic rings. The number of pyridine rings is 1. The van der Waals surface area contributed by atoms with Crippen LogP contribution in [0, 0.1) is 0 Å². The van der Waals surface area contributed by atoms with Crippen molar-refractivity contribution in [2.24, 2.45) is 0 Å². The van der Waals surface area contributed by atoms with Crippen molar-refractivity contribution < 1.29 is 19.1 Å². The van der Waals surface area contributed by atoms with Crippen molar-refractivity contribution >= 4 is 37.0 Å². The van der Waals surface area contributed by atoms with Crippen LogP contribution in [0.4, 0.5) is 9.59 Å². The minimum atomic E-state index is -0.597. The normalized spacial score (nSPS) is 12.0. The lowest BCUT2D eigenvalue weighted by molar-refractivity contribution is -0.0968. The molecule has 0 aliphatic rings. The third-order valence-corrected chi connectivity index (χ3v) is 4.18. The summed E-state index contributed by atoms with van der Waals surface area (Å²) in [4.78, 5) is 29.9. The molecule has 0 aromatic carbocycles. The van der Waals surface area contributed by atoms with Crippen molar-refractivity contribution in [2.45, 2.75) is 72.4 Å². The number of unbranched alkanes of at least 4 members (excludes halogenated alkanes) is 2. The fourth-order valence-electron chi connectivity index (χ4n) is 2.52. The molecule has 1 aromatic heterocycles. The van der Waals surface area contributed by atoms with Crippen molar-refractivity contribution in [3.63, 3.8) is 0 Å². The lowest BCUT2D eigenvalue weighted by Crippen LogP contribution is -2.46. The fraction of sp³-hybridized carbons (Fsp3) is 0.650. The molecule has 0 fully saturated rings. The van der Waals surface area contributed by atoms with Crippen LogP contribution in [0.5, 0.6) is 0 Å². The molecule has 30 heavy (non-hydrogen) atoms. The number of hydrogen-bond donors (Lipinski definition) is 2. The van der Waals surface area contributed by atoms with Crippen molar-refractivity contribution in [1.29, 1.82) is 0 Å². The average Bonchev–Trinajstić information content (AvgIpc) is 2.67. The summed E-state index contributed by atoms with van der Waals surface area (Å²) in [6.07, 6.45) is 5.00. The van der Waals surface area contributed by atoms with Gasteiger partial charge in [0.25, 0.3) is 0 Å². The zero-order valence-electron chi connectivity index (χ0n) is 18.3. The van der Waals surface area contributed by atoms with Gasteiger partial charge in [0.2, 0.25) is 0 Å². The first-order valence-electron chi connectivity index (χ1n) is 10.0. The predicted octanol–water partition coefficient (Wildman–Crippen LogP) is 4.47. The van der Waals surface area contributed by atoms with E-state index >= 15 is 0 Å². The molecule has 0 aliphatic heterocycles. The molecule has 1 rings (SSSR count). The number of ether oxygens (including phenoxy) is 2. The van der Waals surface area contributed by atoms with Crippen LogP contribution in [-0.2, 0) is 16.0 Å². The second-order valence-corrected chi connectivity index (χ2v) is 6.60. The van der Waals surface area contributed by atoms with E-state index in [2.05, 4.69) is 29.5 Å². The third kappa shape index (κ3) is 12.7. The maximum absolute atomic E-state index is 12.0. The van der Waals surface area contributed by atoms with E-state index in [9.17, 15) is 9.59 Å². The molecule has 0 saturated heterocycles. The smallest absolute Gasteiger partial charge is 0.408 e. The van der Waals surface area contributed by atoms with E-state index < -0.39 is 24.6 Å². The molecule has 0 radical (unpaired) electrons. The lowest BCUT2D eigenvalue weighted by Gasteiger charge is -2.33. The summed E-state index contributed by atoms with van der Waals surface area (Å²) in [6.45, 7) is 9.16. The number of carbonyl (C=O) groups excluding carboxylic acids is 2. The minimum absolute atomic E-state index is 0. The quantitative estimate of drug-likeness (QED) is 0.348. The first kappa shape index (κ1) is 30.4. The van der Waals surface area contributed by atoms with Gasteiger partial charge in [-0.3, -0.25) is 4.98 Å². The van der Waals surface area contributed by atoms with Crippen LogP contribution in [0.25, 0.3) is 0 Å². The second-order valence-electron chi connectivity index (χ2n) is 6.60. The zero-order chi connectivity index (χ0) is 20.8. The molecule has 1 heterocycles. The number of nitrogens with zero attached hydrogens (tertiary/aromatic N) is 2. The summed E-state index contributed by atoms with van der Waals surface area (Å²) >= 11 is 0. The van der Waals surface area contributed by atoms with E-state index in [1.807, 2.05) is 12.1 Å². The summed E-state index contributed by atoms with van der Waals surface area (Å²) in [5.41, 5.74) is 0.922. The van der Waals surface area contributed by atoms with Gasteiger partial charge in [-0.25, -0.2) is 14.5 Å². The van der Waals surface area contributed by atoms with E-state index in [0.29, 0.717) is 19.6 Å². The monoisotopic (exact) mass is 466 g/mol. The molecule has 0 spiro atoms. The topological polar surface area (TPSA) is 92.8 Å². The van der Waals surface area contributed by atoms with E-state index in [-0.39, 0.29) is 24.8 Å². The third-order valence-electron chi connectivity index (χ3n) is 4.18. The molecule has 0 bridgehead atoms. The van der Waals surface area contributed by atoms with E-state index in [4.69, 9.17) is 9.47 Å². The Morgan fingerprint density at radius 2 is 1.50 bits per heavy atom. The molecule has 2 amide bonds. The van der Waals surface area contributed by atoms with Crippen molar-refractivity contribution in [3.05, 3.63) is 30.1 Å². The van der Waals surface area contributed by atoms with E-state index in [1.165, 1.54) is 0 Å². The number of alkyl carbamates (subject to hydrolysis) is 2. The van der Waals surface area contributed by atoms with Crippen LogP contribution >= 0.6 is 24.8 Å². The molecule has 0 aliphatic carbocycles. The van der Waals surface area contributed by atoms with Crippen LogP contribution in [0.15, 0.2) is 24.5 Å². The lowest BCUT2D eigenvalue weighted by atomic mass is 10.2. The number of carbonyl (C=O) groups is 2. The number of amides is 2. The Balaban J connectivity index is 0. The van der Waals surface area contributed by atoms with Crippen molar-refractivity contribution in [3.8, 4) is 0 Å². The van der Waals surface area contributed by atoms with Gasteiger partial charge in [-0.15, -0.1) is 24.8 Å². The van der Waals surface area contributed by atoms with Crippen LogP contribution in [-0.4, -0.2) is 47.6 Å². The van der Waals surface area contributed by atoms with Gasteiger partial charge in [0.1, 0.15) is 0 Å². The minimum Gasteiger partial charge on any atom is -0.430 e. The molecule has 0 saturated carbocycles. The van der Waals surface area contributed by atoms with Gasteiger partial charge < -0.3 is 20.1 Å². The van der Waals surface area contributed by atoms with Crippen molar-refractivity contribution in [2.75, 3.05) is 13.1 Å². The molecule has 8 nitrogen and oxygen atoms in total. The first-order valence-corrected chi connectivity index (χ1v) is 10.0. The van der Waals surface area contributed by atoms with Gasteiger partial charge in [0.05, 0.1) is 0 Å². The largest absolute Gasteiger partial charge is 0.430 e. The molecule has 2 N–H and O–H groups in total. The molecular formula is C20H36Cl2N4O4. The first-order chi connectivity index (χ1) is 13.5. The maximum Gasteiger partial charge on any atom is 0.408 e. The van der Waals surface area contributed by atoms with Gasteiger partial charge >= 0.3 is 12.2 Å². The van der Waals surface area contributed by atoms with Gasteiger partial charge in [-0.05, 0) is 38.3 Å². The molecule has 10 heteroatoms. The number of nitrogens with one attached hydrogen (secondary N) is 2. The average molecular weight is 467 g/mol. The summed E-state index contributed by atoms with van der Waals surface area (Å²) in [7, 11) is 0. The second kappa shape index (κ2) is 18.0. The van der Waals surface area contributed by atoms with Gasteiger partial charge in [0, 0.05) is 32.0 Å². The van der Waals surface area contributed by atoms with Crippen LogP contribution < -0.4 is 10.6 Å². The SMILES string of the molecule is CCCCNC(=O)OC(C)N(Cc1cccnc1)C(C)OC(=O)NCCCC.Cl.Cl. The van der Waals surface area contributed by atoms with E-state index in [1.54, 1.807) is 31.1 Å². The van der Waals surface area contributed by atoms with Crippen LogP contribution in [0.3, 0.4) is 0 Å². The summed E-state index contributed by atoms with van der Waals surface area (Å²) < 4.78 is 11.0. The Morgan fingerprint density at radius 3 is 1.90 bits per heavy atom. The van der Waals surface area contributed by atoms with E-state index in [0.717, 1.165) is 31.2 Å². The molecule has 2 unspecified atom stereocenters. The Labute approximate surface area is 192 Å². The number of halogens is 2. The number of hydrogen-bond acceptors (Lipinski definition) is 6. The maximum atomic E-state index is 12.0. The zero-order valence-corrected chi connectivity index (χ0v) is 19.9. The number of rotatable bonds is 12. The van der Waals surface area contributed by atoms with Gasteiger partial charge in [-0.1, -0.05) is 32.8 Å². The Bertz CT molecular complexity index is 551. The summed E-state index contributed by atoms with van der Waals surface area (Å²) in [5, 5.41) is 5.45. The molecular weight excluding hydrogens is 431 g/mol. The highest BCUT2D eigenvalue weighted by Gasteiger charge is 2.26.